The number of amides is 1. The molecule has 1 unspecified atom stereocenters. The first-order valence-corrected chi connectivity index (χ1v) is 11.2. The molecule has 2 N–H and O–H groups in total. The van der Waals surface area contributed by atoms with Gasteiger partial charge in [-0.3, -0.25) is 14.3 Å². The number of benzene rings is 1. The molecule has 0 bridgehead atoms. The number of rotatable bonds is 9. The van der Waals surface area contributed by atoms with Gasteiger partial charge in [0.25, 0.3) is 11.5 Å². The number of aromatic nitrogens is 4. The lowest BCUT2D eigenvalue weighted by Gasteiger charge is -2.26. The molecule has 1 aliphatic heterocycles. The average molecular weight is 489 g/mol. The molecule has 0 spiro atoms. The van der Waals surface area contributed by atoms with Crippen LogP contribution in [-0.4, -0.2) is 50.4 Å². The number of hydrogen-bond acceptors (Lipinski definition) is 7. The van der Waals surface area contributed by atoms with E-state index in [0.717, 1.165) is 41.9 Å². The van der Waals surface area contributed by atoms with Crippen molar-refractivity contribution in [3.63, 3.8) is 0 Å². The van der Waals surface area contributed by atoms with E-state index in [1.165, 1.54) is 10.7 Å². The molecule has 1 atom stereocenters. The molecule has 35 heavy (non-hydrogen) atoms. The molecular formula is C23H25F2N5O5. The Hall–Kier alpha value is -3.64. The summed E-state index contributed by atoms with van der Waals surface area (Å²) in [4.78, 5) is 26.1. The zero-order chi connectivity index (χ0) is 24.8. The van der Waals surface area contributed by atoms with Crippen LogP contribution < -0.4 is 15.6 Å². The average Bonchev–Trinajstić information content (AvgIpc) is 3.28. The van der Waals surface area contributed by atoms with Crippen molar-refractivity contribution >= 4 is 11.7 Å². The van der Waals surface area contributed by atoms with Gasteiger partial charge in [0.05, 0.1) is 19.3 Å². The highest BCUT2D eigenvalue weighted by Gasteiger charge is 2.28. The van der Waals surface area contributed by atoms with Gasteiger partial charge in [-0.05, 0) is 37.3 Å². The molecule has 0 radical (unpaired) electrons. The van der Waals surface area contributed by atoms with Crippen LogP contribution in [0.5, 0.6) is 11.5 Å². The van der Waals surface area contributed by atoms with Gasteiger partial charge in [-0.2, -0.15) is 10.2 Å². The van der Waals surface area contributed by atoms with Crippen LogP contribution in [0.3, 0.4) is 0 Å². The Morgan fingerprint density at radius 1 is 1.26 bits per heavy atom. The zero-order valence-corrected chi connectivity index (χ0v) is 18.8. The van der Waals surface area contributed by atoms with Crippen LogP contribution >= 0.6 is 0 Å². The van der Waals surface area contributed by atoms with Gasteiger partial charge in [-0.1, -0.05) is 6.07 Å². The molecule has 10 nitrogen and oxygen atoms in total. The van der Waals surface area contributed by atoms with E-state index in [2.05, 4.69) is 15.5 Å². The minimum atomic E-state index is -0.965. The zero-order valence-electron chi connectivity index (χ0n) is 18.8. The van der Waals surface area contributed by atoms with Crippen LogP contribution in [0.25, 0.3) is 0 Å². The van der Waals surface area contributed by atoms with Crippen molar-refractivity contribution in [2.75, 3.05) is 25.1 Å². The number of carbonyl (C=O) groups is 1. The second kappa shape index (κ2) is 11.2. The van der Waals surface area contributed by atoms with Crippen LogP contribution in [0.2, 0.25) is 0 Å². The van der Waals surface area contributed by atoms with E-state index in [4.69, 9.17) is 14.6 Å². The van der Waals surface area contributed by atoms with Crippen molar-refractivity contribution in [3.8, 4) is 11.5 Å². The summed E-state index contributed by atoms with van der Waals surface area (Å²) in [5.74, 6) is -2.76. The van der Waals surface area contributed by atoms with E-state index in [0.29, 0.717) is 19.6 Å². The number of carbonyl (C=O) groups excluding carboxylic acids is 1. The molecule has 3 aromatic rings. The first-order chi connectivity index (χ1) is 16.9. The first kappa shape index (κ1) is 24.5. The maximum atomic E-state index is 13.9. The number of hydrogen-bond donors (Lipinski definition) is 2. The number of ether oxygens (including phenoxy) is 2. The van der Waals surface area contributed by atoms with E-state index in [-0.39, 0.29) is 30.6 Å². The Balaban J connectivity index is 1.57. The number of aliphatic hydroxyl groups excluding tert-OH is 1. The highest BCUT2D eigenvalue weighted by Crippen LogP contribution is 2.28. The molecule has 186 valence electrons. The number of anilines is 1. The number of nitrogens with one attached hydrogen (secondary N) is 1. The third-order valence-electron chi connectivity index (χ3n) is 5.66. The van der Waals surface area contributed by atoms with E-state index >= 15 is 0 Å². The van der Waals surface area contributed by atoms with Gasteiger partial charge in [-0.25, -0.2) is 13.5 Å². The topological polar surface area (TPSA) is 120 Å². The number of nitrogens with zero attached hydrogens (tertiary/aromatic N) is 4. The lowest BCUT2D eigenvalue weighted by molar-refractivity contribution is -0.120. The van der Waals surface area contributed by atoms with Gasteiger partial charge in [0.1, 0.15) is 6.04 Å². The maximum absolute atomic E-state index is 13.9. The number of para-hydroxylation sites is 1. The lowest BCUT2D eigenvalue weighted by Crippen LogP contribution is -2.36. The van der Waals surface area contributed by atoms with E-state index in [1.54, 1.807) is 12.3 Å². The van der Waals surface area contributed by atoms with Gasteiger partial charge in [0.2, 0.25) is 0 Å². The fourth-order valence-corrected chi connectivity index (χ4v) is 3.87. The maximum Gasteiger partial charge on any atom is 0.271 e. The Labute approximate surface area is 199 Å². The van der Waals surface area contributed by atoms with Gasteiger partial charge in [-0.15, -0.1) is 0 Å². The standard InChI is InChI=1S/C23H25F2N5O5/c24-17-2-1-3-18(25)22(17)35-16-13-21(32)30(26-14-16)19(12-15-5-10-34-11-6-15)23(33)27-20-4-7-29(28-20)8-9-31/h1-4,7,13-15,19,31H,5-6,8-12H2,(H,27,28,33). The van der Waals surface area contributed by atoms with E-state index in [9.17, 15) is 18.4 Å². The first-order valence-electron chi connectivity index (χ1n) is 11.2. The third kappa shape index (κ3) is 6.08. The van der Waals surface area contributed by atoms with E-state index < -0.39 is 34.9 Å². The summed E-state index contributed by atoms with van der Waals surface area (Å²) in [5, 5.41) is 20.0. The van der Waals surface area contributed by atoms with Crippen molar-refractivity contribution < 1.29 is 28.2 Å². The summed E-state index contributed by atoms with van der Waals surface area (Å²) in [6, 6.07) is 4.90. The largest absolute Gasteiger partial charge is 0.449 e. The molecule has 3 heterocycles. The van der Waals surface area contributed by atoms with Crippen molar-refractivity contribution in [3.05, 3.63) is 64.7 Å². The molecule has 1 saturated heterocycles. The molecule has 4 rings (SSSR count). The second-order valence-electron chi connectivity index (χ2n) is 8.11. The Bertz CT molecular complexity index is 1200. The molecule has 2 aromatic heterocycles. The van der Waals surface area contributed by atoms with Crippen molar-refractivity contribution in [1.29, 1.82) is 0 Å². The second-order valence-corrected chi connectivity index (χ2v) is 8.11. The van der Waals surface area contributed by atoms with Crippen LogP contribution in [-0.2, 0) is 16.1 Å². The van der Waals surface area contributed by atoms with Crippen LogP contribution in [0.1, 0.15) is 25.3 Å². The van der Waals surface area contributed by atoms with E-state index in [1.807, 2.05) is 0 Å². The summed E-state index contributed by atoms with van der Waals surface area (Å²) in [6.45, 7) is 1.29. The quantitative estimate of drug-likeness (QED) is 0.474. The van der Waals surface area contributed by atoms with Crippen molar-refractivity contribution in [2.24, 2.45) is 5.92 Å². The summed E-state index contributed by atoms with van der Waals surface area (Å²) < 4.78 is 40.9. The molecule has 1 fully saturated rings. The molecule has 1 aliphatic rings. The summed E-state index contributed by atoms with van der Waals surface area (Å²) in [5.41, 5.74) is -0.669. The van der Waals surface area contributed by atoms with Crippen LogP contribution in [0.15, 0.2) is 47.5 Å². The fraction of sp³-hybridized carbons (Fsp3) is 0.391. The molecular weight excluding hydrogens is 464 g/mol. The minimum absolute atomic E-state index is 0.105. The Kier molecular flexibility index (Phi) is 7.83. The minimum Gasteiger partial charge on any atom is -0.449 e. The molecule has 0 saturated carbocycles. The number of halogens is 2. The normalized spacial score (nSPS) is 15.1. The van der Waals surface area contributed by atoms with Crippen molar-refractivity contribution in [1.82, 2.24) is 19.6 Å². The van der Waals surface area contributed by atoms with Gasteiger partial charge in [0.15, 0.2) is 29.0 Å². The summed E-state index contributed by atoms with van der Waals surface area (Å²) >= 11 is 0. The van der Waals surface area contributed by atoms with Gasteiger partial charge >= 0.3 is 0 Å². The fourth-order valence-electron chi connectivity index (χ4n) is 3.87. The SMILES string of the molecule is O=C(Nc1ccn(CCO)n1)C(CC1CCOCC1)n1ncc(Oc2c(F)cccc2F)cc1=O. The Morgan fingerprint density at radius 2 is 2.00 bits per heavy atom. The summed E-state index contributed by atoms with van der Waals surface area (Å²) in [7, 11) is 0. The number of aliphatic hydroxyl groups is 1. The third-order valence-corrected chi connectivity index (χ3v) is 5.66. The molecule has 1 amide bonds. The predicted molar refractivity (Wildman–Crippen MR) is 120 cm³/mol. The summed E-state index contributed by atoms with van der Waals surface area (Å²) in [6.07, 6.45) is 4.54. The molecule has 12 heteroatoms. The van der Waals surface area contributed by atoms with Crippen molar-refractivity contribution in [2.45, 2.75) is 31.8 Å². The van der Waals surface area contributed by atoms with Crippen LogP contribution in [0, 0.1) is 17.6 Å². The monoisotopic (exact) mass is 489 g/mol. The molecule has 0 aliphatic carbocycles. The predicted octanol–water partition coefficient (Wildman–Crippen LogP) is 2.50. The van der Waals surface area contributed by atoms with Gasteiger partial charge < -0.3 is 19.9 Å². The van der Waals surface area contributed by atoms with Gasteiger partial charge in [0, 0.05) is 31.5 Å². The molecule has 1 aromatic carbocycles. The highest BCUT2D eigenvalue weighted by molar-refractivity contribution is 5.92. The smallest absolute Gasteiger partial charge is 0.271 e. The highest BCUT2D eigenvalue weighted by atomic mass is 19.1. The Morgan fingerprint density at radius 3 is 2.69 bits per heavy atom. The van der Waals surface area contributed by atoms with Crippen LogP contribution in [0.4, 0.5) is 14.6 Å². The lowest BCUT2D eigenvalue weighted by atomic mass is 9.92.